The van der Waals surface area contributed by atoms with Gasteiger partial charge in [0.05, 0.1) is 5.92 Å². The maximum Gasteiger partial charge on any atom is 0.222 e. The third kappa shape index (κ3) is 1.97. The zero-order valence-corrected chi connectivity index (χ0v) is 10.5. The van der Waals surface area contributed by atoms with Crippen molar-refractivity contribution >= 4 is 11.6 Å². The number of hydrogen-bond acceptors (Lipinski definition) is 3. The molecule has 1 amide bonds. The normalized spacial score (nSPS) is 22.9. The number of nitrogens with two attached hydrogens (primary N) is 1. The van der Waals surface area contributed by atoms with Gasteiger partial charge in [-0.25, -0.2) is 0 Å². The maximum atomic E-state index is 11.3. The van der Waals surface area contributed by atoms with Crippen molar-refractivity contribution in [1.82, 2.24) is 5.32 Å². The molecule has 1 aromatic rings. The molecule has 96 valence electrons. The van der Waals surface area contributed by atoms with Crippen LogP contribution in [-0.2, 0) is 17.8 Å². The average Bonchev–Trinajstić information content (AvgIpc) is 2.87. The van der Waals surface area contributed by atoms with E-state index >= 15 is 0 Å². The molecular formula is C14H19N3O. The van der Waals surface area contributed by atoms with E-state index in [1.807, 2.05) is 0 Å². The van der Waals surface area contributed by atoms with Crippen LogP contribution in [0.15, 0.2) is 18.2 Å². The number of hydrogen-bond donors (Lipinski definition) is 2. The highest BCUT2D eigenvalue weighted by Gasteiger charge is 2.28. The standard InChI is InChI=1S/C14H19N3O/c15-14(18)11-5-7-17(9-11)13-3-1-2-10-4-6-16-8-12(10)13/h1-3,11,16H,4-9H2,(H2,15,18). The van der Waals surface area contributed by atoms with Gasteiger partial charge in [0.25, 0.3) is 0 Å². The second-order valence-corrected chi connectivity index (χ2v) is 5.18. The Labute approximate surface area is 107 Å². The van der Waals surface area contributed by atoms with E-state index in [0.29, 0.717) is 0 Å². The van der Waals surface area contributed by atoms with Gasteiger partial charge in [0.2, 0.25) is 5.91 Å². The predicted molar refractivity (Wildman–Crippen MR) is 71.4 cm³/mol. The number of fused-ring (bicyclic) bond motifs is 1. The van der Waals surface area contributed by atoms with Crippen molar-refractivity contribution in [3.63, 3.8) is 0 Å². The summed E-state index contributed by atoms with van der Waals surface area (Å²) in [7, 11) is 0. The van der Waals surface area contributed by atoms with E-state index in [2.05, 4.69) is 28.4 Å². The van der Waals surface area contributed by atoms with E-state index in [0.717, 1.165) is 39.0 Å². The minimum atomic E-state index is -0.166. The fourth-order valence-electron chi connectivity index (χ4n) is 3.00. The minimum absolute atomic E-state index is 0.0115. The Morgan fingerprint density at radius 3 is 3.11 bits per heavy atom. The lowest BCUT2D eigenvalue weighted by molar-refractivity contribution is -0.121. The van der Waals surface area contributed by atoms with Gasteiger partial charge in [-0.05, 0) is 36.6 Å². The lowest BCUT2D eigenvalue weighted by Crippen LogP contribution is -2.30. The smallest absolute Gasteiger partial charge is 0.222 e. The number of anilines is 1. The molecule has 0 saturated carbocycles. The summed E-state index contributed by atoms with van der Waals surface area (Å²) in [6.07, 6.45) is 1.97. The number of benzene rings is 1. The Balaban J connectivity index is 1.87. The molecule has 3 rings (SSSR count). The average molecular weight is 245 g/mol. The summed E-state index contributed by atoms with van der Waals surface area (Å²) in [5.41, 5.74) is 9.51. The fourth-order valence-corrected chi connectivity index (χ4v) is 3.00. The highest BCUT2D eigenvalue weighted by Crippen LogP contribution is 2.30. The van der Waals surface area contributed by atoms with E-state index < -0.39 is 0 Å². The van der Waals surface area contributed by atoms with E-state index in [1.54, 1.807) is 0 Å². The van der Waals surface area contributed by atoms with Crippen molar-refractivity contribution in [3.8, 4) is 0 Å². The lowest BCUT2D eigenvalue weighted by atomic mass is 9.99. The molecule has 0 bridgehead atoms. The second-order valence-electron chi connectivity index (χ2n) is 5.18. The molecule has 0 aliphatic carbocycles. The monoisotopic (exact) mass is 245 g/mol. The number of carbonyl (C=O) groups excluding carboxylic acids is 1. The van der Waals surface area contributed by atoms with Crippen LogP contribution in [0, 0.1) is 5.92 Å². The molecule has 1 aromatic carbocycles. The molecule has 2 aliphatic heterocycles. The Morgan fingerprint density at radius 1 is 1.44 bits per heavy atom. The van der Waals surface area contributed by atoms with Gasteiger partial charge in [-0.2, -0.15) is 0 Å². The van der Waals surface area contributed by atoms with Gasteiger partial charge in [0.1, 0.15) is 0 Å². The van der Waals surface area contributed by atoms with Crippen LogP contribution in [0.4, 0.5) is 5.69 Å². The van der Waals surface area contributed by atoms with Crippen LogP contribution >= 0.6 is 0 Å². The summed E-state index contributed by atoms with van der Waals surface area (Å²) in [6.45, 7) is 3.69. The van der Waals surface area contributed by atoms with E-state index in [-0.39, 0.29) is 11.8 Å². The second kappa shape index (κ2) is 4.61. The van der Waals surface area contributed by atoms with Crippen LogP contribution in [0.3, 0.4) is 0 Å². The third-order valence-electron chi connectivity index (χ3n) is 4.05. The summed E-state index contributed by atoms with van der Waals surface area (Å²) in [5, 5.41) is 3.42. The maximum absolute atomic E-state index is 11.3. The van der Waals surface area contributed by atoms with Crippen LogP contribution < -0.4 is 16.0 Å². The molecule has 1 fully saturated rings. The molecule has 3 N–H and O–H groups in total. The lowest BCUT2D eigenvalue weighted by Gasteiger charge is -2.26. The molecule has 1 saturated heterocycles. The first kappa shape index (κ1) is 11.5. The van der Waals surface area contributed by atoms with Crippen molar-refractivity contribution < 1.29 is 4.79 Å². The third-order valence-corrected chi connectivity index (χ3v) is 4.05. The molecule has 1 atom stereocenters. The van der Waals surface area contributed by atoms with Crippen molar-refractivity contribution in [2.24, 2.45) is 11.7 Å². The first-order chi connectivity index (χ1) is 8.75. The van der Waals surface area contributed by atoms with Crippen LogP contribution in [0.2, 0.25) is 0 Å². The SMILES string of the molecule is NC(=O)C1CCN(c2cccc3c2CNCC3)C1. The minimum Gasteiger partial charge on any atom is -0.370 e. The van der Waals surface area contributed by atoms with Gasteiger partial charge in [0.15, 0.2) is 0 Å². The Morgan fingerprint density at radius 2 is 2.33 bits per heavy atom. The molecule has 2 aliphatic rings. The molecule has 4 nitrogen and oxygen atoms in total. The molecule has 4 heteroatoms. The van der Waals surface area contributed by atoms with Gasteiger partial charge in [-0.1, -0.05) is 12.1 Å². The first-order valence-corrected chi connectivity index (χ1v) is 6.61. The summed E-state index contributed by atoms with van der Waals surface area (Å²) in [5.74, 6) is -0.155. The quantitative estimate of drug-likeness (QED) is 0.804. The number of primary amides is 1. The number of nitrogens with one attached hydrogen (secondary N) is 1. The first-order valence-electron chi connectivity index (χ1n) is 6.61. The van der Waals surface area contributed by atoms with Gasteiger partial charge >= 0.3 is 0 Å². The molecule has 1 unspecified atom stereocenters. The fraction of sp³-hybridized carbons (Fsp3) is 0.500. The highest BCUT2D eigenvalue weighted by atomic mass is 16.1. The summed E-state index contributed by atoms with van der Waals surface area (Å²) in [4.78, 5) is 13.6. The summed E-state index contributed by atoms with van der Waals surface area (Å²) >= 11 is 0. The summed E-state index contributed by atoms with van der Waals surface area (Å²) in [6, 6.07) is 6.49. The van der Waals surface area contributed by atoms with Gasteiger partial charge < -0.3 is 16.0 Å². The number of rotatable bonds is 2. The Bertz CT molecular complexity index is 472. The zero-order chi connectivity index (χ0) is 12.5. The Hall–Kier alpha value is -1.55. The van der Waals surface area contributed by atoms with Gasteiger partial charge in [0, 0.05) is 25.3 Å². The molecule has 0 radical (unpaired) electrons. The van der Waals surface area contributed by atoms with Crippen LogP contribution in [0.1, 0.15) is 17.5 Å². The van der Waals surface area contributed by atoms with Crippen LogP contribution in [0.25, 0.3) is 0 Å². The number of carbonyl (C=O) groups is 1. The van der Waals surface area contributed by atoms with Crippen molar-refractivity contribution in [2.75, 3.05) is 24.5 Å². The number of amides is 1. The highest BCUT2D eigenvalue weighted by molar-refractivity contribution is 5.78. The molecular weight excluding hydrogens is 226 g/mol. The van der Waals surface area contributed by atoms with Gasteiger partial charge in [-0.15, -0.1) is 0 Å². The molecule has 0 aromatic heterocycles. The van der Waals surface area contributed by atoms with E-state index in [4.69, 9.17) is 5.73 Å². The van der Waals surface area contributed by atoms with Crippen LogP contribution in [-0.4, -0.2) is 25.5 Å². The molecule has 2 heterocycles. The molecule has 0 spiro atoms. The van der Waals surface area contributed by atoms with Crippen molar-refractivity contribution in [3.05, 3.63) is 29.3 Å². The largest absolute Gasteiger partial charge is 0.370 e. The van der Waals surface area contributed by atoms with Crippen LogP contribution in [0.5, 0.6) is 0 Å². The predicted octanol–water partition coefficient (Wildman–Crippen LogP) is 0.644. The zero-order valence-electron chi connectivity index (χ0n) is 10.5. The number of nitrogens with zero attached hydrogens (tertiary/aromatic N) is 1. The van der Waals surface area contributed by atoms with Gasteiger partial charge in [-0.3, -0.25) is 4.79 Å². The van der Waals surface area contributed by atoms with Crippen molar-refractivity contribution in [2.45, 2.75) is 19.4 Å². The Kier molecular flexibility index (Phi) is 2.96. The topological polar surface area (TPSA) is 58.4 Å². The van der Waals surface area contributed by atoms with E-state index in [1.165, 1.54) is 16.8 Å². The summed E-state index contributed by atoms with van der Waals surface area (Å²) < 4.78 is 0. The van der Waals surface area contributed by atoms with Crippen molar-refractivity contribution in [1.29, 1.82) is 0 Å². The molecule has 18 heavy (non-hydrogen) atoms. The van der Waals surface area contributed by atoms with E-state index in [9.17, 15) is 4.79 Å².